The van der Waals surface area contributed by atoms with E-state index in [1.54, 1.807) is 74.6 Å². The number of terminal acetylenes is 1. The van der Waals surface area contributed by atoms with Crippen molar-refractivity contribution in [3.05, 3.63) is 96.0 Å². The largest absolute Gasteiger partial charge is 0.458 e. The number of rotatable bonds is 25. The number of hydrogen-bond acceptors (Lipinski definition) is 28. The minimum absolute atomic E-state index is 0.0312. The first-order chi connectivity index (χ1) is 59.5. The van der Waals surface area contributed by atoms with E-state index < -0.39 is 143 Å². The molecule has 6 aliphatic heterocycles. The van der Waals surface area contributed by atoms with Gasteiger partial charge in [0.25, 0.3) is 0 Å². The second-order valence-electron chi connectivity index (χ2n) is 36.1. The number of Topliss-reactive ketones (excluding diaryl/α,β-unsaturated/α-hetero) is 2. The third-order valence-electron chi connectivity index (χ3n) is 25.8. The SMILES string of the molecule is C#Cc1cccc(N)c1.C=CC[C@@H]1[C@H]2N(CCCCn3cc(-c4cccc(N)c4)nn3)C(=O)O[C@]2(C)[C@@H](CC)OC(=O)[C@H](C)C(=O)[C@H](C)[C@@H](O[C@@H]2OC(C)CC(N(C)C)C2O)[C@](C)(OC)C[C@@H](C)CN1C.C=CC[C@H]1NC[C@H](C)C[C@@](C)(OC)[C@H](O[C@@H]2OC(C)CC(N(C)C)C2O)[C@@H](C)C(=O)[C@@H](C)C(=O)O[C@H](CC)[C@@]2(C)OC(=O)N(CCCCN=[N+]=[N-])[C@H]12.CSF. The lowest BCUT2D eigenvalue weighted by atomic mass is 9.78. The molecular formula is C92H147FN14O18S. The molecule has 26 atom stereocenters. The van der Waals surface area contributed by atoms with Gasteiger partial charge in [0.1, 0.15) is 41.9 Å². The summed E-state index contributed by atoms with van der Waals surface area (Å²) in [5.74, 6) is -3.99. The Bertz CT molecular complexity index is 4100. The number of fused-ring (bicyclic) bond motifs is 2. The number of aliphatic hydroxyl groups excluding tert-OH is 2. The van der Waals surface area contributed by atoms with Gasteiger partial charge in [0.2, 0.25) is 0 Å². The van der Waals surface area contributed by atoms with Crippen LogP contribution >= 0.6 is 12.1 Å². The van der Waals surface area contributed by atoms with Crippen LogP contribution in [0.3, 0.4) is 0 Å². The van der Waals surface area contributed by atoms with E-state index in [2.05, 4.69) is 63.5 Å². The lowest BCUT2D eigenvalue weighted by molar-refractivity contribution is -0.295. The smallest absolute Gasteiger partial charge is 0.410 e. The number of ketones is 2. The molecule has 7 heterocycles. The molecule has 6 aliphatic rings. The quantitative estimate of drug-likeness (QED) is 0.00502. The molecule has 0 bridgehead atoms. The van der Waals surface area contributed by atoms with Crippen molar-refractivity contribution in [1.29, 1.82) is 0 Å². The Balaban J connectivity index is 0.000000347. The van der Waals surface area contributed by atoms with Crippen LogP contribution in [-0.2, 0) is 73.1 Å². The van der Waals surface area contributed by atoms with Gasteiger partial charge in [0.05, 0.1) is 53.9 Å². The first-order valence-electron chi connectivity index (χ1n) is 44.3. The van der Waals surface area contributed by atoms with Gasteiger partial charge >= 0.3 is 24.1 Å². The molecule has 6 fully saturated rings. The highest BCUT2D eigenvalue weighted by atomic mass is 32.2. The van der Waals surface area contributed by atoms with Crippen LogP contribution in [0.5, 0.6) is 0 Å². The summed E-state index contributed by atoms with van der Waals surface area (Å²) in [6.07, 6.45) is 9.09. The van der Waals surface area contributed by atoms with E-state index in [-0.39, 0.29) is 60.4 Å². The number of methoxy groups -OCH3 is 2. The van der Waals surface area contributed by atoms with Crippen molar-refractivity contribution in [1.82, 2.24) is 44.8 Å². The number of esters is 2. The Morgan fingerprint density at radius 2 is 1.17 bits per heavy atom. The first kappa shape index (κ1) is 107. The van der Waals surface area contributed by atoms with Crippen molar-refractivity contribution in [3.8, 4) is 23.6 Å². The van der Waals surface area contributed by atoms with Gasteiger partial charge in [0, 0.05) is 129 Å². The Morgan fingerprint density at radius 3 is 1.62 bits per heavy atom. The second kappa shape index (κ2) is 49.2. The summed E-state index contributed by atoms with van der Waals surface area (Å²) < 4.78 is 75.2. The number of ether oxygens (including phenoxy) is 10. The highest BCUT2D eigenvalue weighted by Gasteiger charge is 2.62. The molecule has 126 heavy (non-hydrogen) atoms. The van der Waals surface area contributed by atoms with E-state index in [1.807, 2.05) is 142 Å². The summed E-state index contributed by atoms with van der Waals surface area (Å²) >= 11 is 0.250. The van der Waals surface area contributed by atoms with Crippen molar-refractivity contribution in [2.45, 2.75) is 301 Å². The molecule has 7 N–H and O–H groups in total. The van der Waals surface area contributed by atoms with E-state index in [1.165, 1.54) is 13.2 Å². The Kier molecular flexibility index (Phi) is 41.8. The van der Waals surface area contributed by atoms with Gasteiger partial charge in [-0.1, -0.05) is 88.1 Å². The summed E-state index contributed by atoms with van der Waals surface area (Å²) in [5, 5.41) is 38.9. The van der Waals surface area contributed by atoms with E-state index in [0.717, 1.165) is 16.8 Å². The molecule has 3 aromatic rings. The third-order valence-corrected chi connectivity index (χ3v) is 25.8. The van der Waals surface area contributed by atoms with Crippen molar-refractivity contribution in [3.63, 3.8) is 0 Å². The summed E-state index contributed by atoms with van der Waals surface area (Å²) in [5.41, 5.74) is 19.2. The normalized spacial score (nSPS) is 34.5. The van der Waals surface area contributed by atoms with E-state index in [4.69, 9.17) is 70.8 Å². The number of amides is 2. The highest BCUT2D eigenvalue weighted by molar-refractivity contribution is 7.93. The number of anilines is 2. The van der Waals surface area contributed by atoms with E-state index in [9.17, 15) is 42.9 Å². The van der Waals surface area contributed by atoms with Gasteiger partial charge in [-0.2, -0.15) is 3.89 Å². The van der Waals surface area contributed by atoms with Gasteiger partial charge in [-0.05, 0) is 222 Å². The fourth-order valence-corrected chi connectivity index (χ4v) is 19.1. The molecule has 9 rings (SSSR count). The second-order valence-corrected chi connectivity index (χ2v) is 36.4. The predicted molar refractivity (Wildman–Crippen MR) is 484 cm³/mol. The van der Waals surface area contributed by atoms with Crippen molar-refractivity contribution in [2.24, 2.45) is 40.6 Å². The maximum Gasteiger partial charge on any atom is 0.410 e. The van der Waals surface area contributed by atoms with Gasteiger partial charge in [0.15, 0.2) is 35.3 Å². The topological polar surface area (TPSA) is 395 Å². The summed E-state index contributed by atoms with van der Waals surface area (Å²) in [6, 6.07) is 12.5. The van der Waals surface area contributed by atoms with Crippen LogP contribution in [0.1, 0.15) is 180 Å². The molecule has 2 aromatic carbocycles. The van der Waals surface area contributed by atoms with Crippen molar-refractivity contribution < 1.29 is 90.2 Å². The minimum atomic E-state index is -1.28. The Labute approximate surface area is 751 Å². The first-order valence-corrected chi connectivity index (χ1v) is 45.4. The standard InChI is InChI=1S/C46H73N7O9.C37H64N6O9.C8H7N.CH3FS/c1-13-18-35-40-46(8,62-44(57)53(40)22-16-15-21-52-27-34(48-49-52)32-19-17-20-33(47)24-32)37(14-2)60-42(56)31(6)38(54)30(5)41(45(7,58-12)25-28(3)26-51(35)11)61-43-39(55)36(50(9)10)23-29(4)59-43;1-12-16-26-31-37(8,52-35(47)43(31)18-15-14-17-40-41-38)28(13-2)50-33(46)25(6)29(44)24(5)32(36(7,48-11)20-22(3)21-39-26)51-34-30(45)27(42(9)10)19-23(4)49-34;1-2-7-4-3-5-8(9)6-7;1-3-2/h13,17,19-20,24,27-31,35-37,39-41,43,55H,1,14-16,18,21-23,25-26,47H2,2-12H3;12,22-28,30-32,34,39,45H,1,13-21H2,2-11H3;1,3-6H,9H2;1H3/t28-,29?,30+,31-,35-,36?,37-,39?,40-,41-,43+,45-,46-;22-,23?,24+,25-,26-,27?,28-,30?,31-,32-,34+,36-,37-;;/m11../s1. The van der Waals surface area contributed by atoms with Crippen molar-refractivity contribution in [2.75, 3.05) is 99.9 Å². The number of cyclic esters (lactones) is 2. The third kappa shape index (κ3) is 27.2. The average Bonchev–Trinajstić information content (AvgIpc) is 1.59. The van der Waals surface area contributed by atoms with Crippen LogP contribution in [0, 0.1) is 47.9 Å². The number of benzene rings is 2. The zero-order valence-electron chi connectivity index (χ0n) is 78.6. The maximum absolute atomic E-state index is 14.5. The number of aryl methyl sites for hydroxylation is 1. The number of likely N-dealkylation sites (N-methyl/N-ethyl adjacent to an activating group) is 3. The summed E-state index contributed by atoms with van der Waals surface area (Å²) in [7, 11) is 12.8. The van der Waals surface area contributed by atoms with Crippen LogP contribution in [0.15, 0.2) is 85.2 Å². The highest BCUT2D eigenvalue weighted by Crippen LogP contribution is 2.45. The lowest BCUT2D eigenvalue weighted by Crippen LogP contribution is -2.61. The predicted octanol–water partition coefficient (Wildman–Crippen LogP) is 12.3. The number of nitrogens with one attached hydrogen (secondary N) is 1. The number of unbranched alkanes of at least 4 members (excludes halogenated alkanes) is 2. The van der Waals surface area contributed by atoms with Crippen LogP contribution in [0.25, 0.3) is 21.7 Å². The number of hydrogen-bond donors (Lipinski definition) is 5. The van der Waals surface area contributed by atoms with Crippen molar-refractivity contribution >= 4 is 59.2 Å². The molecule has 6 unspecified atom stereocenters. The number of aromatic nitrogens is 3. The van der Waals surface area contributed by atoms with Gasteiger partial charge in [-0.15, -0.1) is 24.7 Å². The zero-order chi connectivity index (χ0) is 94.0. The van der Waals surface area contributed by atoms with Gasteiger partial charge in [-0.25, -0.2) is 9.59 Å². The van der Waals surface area contributed by atoms with E-state index >= 15 is 0 Å². The fourth-order valence-electron chi connectivity index (χ4n) is 19.1. The average molecular weight is 1790 g/mol. The number of carbonyl (C=O) groups is 6. The molecule has 6 saturated heterocycles. The minimum Gasteiger partial charge on any atom is -0.458 e. The molecule has 0 saturated carbocycles. The Hall–Kier alpha value is -7.85. The van der Waals surface area contributed by atoms with Crippen LogP contribution < -0.4 is 16.8 Å². The van der Waals surface area contributed by atoms with Crippen LogP contribution in [-0.4, -0.2) is 294 Å². The van der Waals surface area contributed by atoms with Gasteiger partial charge < -0.3 is 89.1 Å². The van der Waals surface area contributed by atoms with E-state index in [0.29, 0.717) is 128 Å². The number of carbonyl (C=O) groups excluding carboxylic acids is 6. The molecule has 0 spiro atoms. The molecule has 706 valence electrons. The molecule has 0 aliphatic carbocycles. The fraction of sp³-hybridized carbons (Fsp3) is 0.717. The summed E-state index contributed by atoms with van der Waals surface area (Å²) in [6.45, 7) is 36.5. The number of halogens is 1. The number of aliphatic hydroxyl groups is 2. The molecule has 2 amide bonds. The molecule has 0 radical (unpaired) electrons. The lowest BCUT2D eigenvalue weighted by Gasteiger charge is -2.47. The Morgan fingerprint density at radius 1 is 0.714 bits per heavy atom. The van der Waals surface area contributed by atoms with Crippen LogP contribution in [0.2, 0.25) is 0 Å². The maximum atomic E-state index is 14.5. The van der Waals surface area contributed by atoms with Crippen LogP contribution in [0.4, 0.5) is 24.8 Å². The molecule has 32 nitrogen and oxygen atoms in total. The summed E-state index contributed by atoms with van der Waals surface area (Å²) in [4.78, 5) is 97.0. The number of nitrogens with zero attached hydrogens (tertiary/aromatic N) is 11. The molecule has 1 aromatic heterocycles. The molecular weight excluding hydrogens is 1640 g/mol. The number of azide groups is 1. The monoisotopic (exact) mass is 1790 g/mol. The number of nitrogens with two attached hydrogens (primary N) is 2. The zero-order valence-corrected chi connectivity index (χ0v) is 79.4. The van der Waals surface area contributed by atoms with Gasteiger partial charge in [-0.3, -0.25) is 33.7 Å². The molecule has 34 heteroatoms. The number of nitrogen functional groups attached to an aromatic ring is 2.